The molecule has 21 heavy (non-hydrogen) atoms. The van der Waals surface area contributed by atoms with E-state index in [1.54, 1.807) is 0 Å². The van der Waals surface area contributed by atoms with E-state index in [0.29, 0.717) is 23.7 Å². The van der Waals surface area contributed by atoms with Crippen molar-refractivity contribution < 1.29 is 4.74 Å². The SMILES string of the molecule is CC1(C)OC12[C@H]1c3ccccc3[C@H]2[C@H]2[C@H]1[C@H](Cl)C=C[C@H]2Cl. The fraction of sp³-hybridized carbons (Fsp3) is 0.556. The number of rotatable bonds is 0. The molecule has 2 bridgehead atoms. The summed E-state index contributed by atoms with van der Waals surface area (Å²) in [6.45, 7) is 4.44. The van der Waals surface area contributed by atoms with Crippen molar-refractivity contribution in [1.82, 2.24) is 0 Å². The number of fused-ring (bicyclic) bond motifs is 6. The zero-order valence-corrected chi connectivity index (χ0v) is 13.6. The Morgan fingerprint density at radius 1 is 0.905 bits per heavy atom. The molecular weight excluding hydrogens is 303 g/mol. The van der Waals surface area contributed by atoms with Crippen LogP contribution in [0.1, 0.15) is 36.8 Å². The quantitative estimate of drug-likeness (QED) is 0.391. The van der Waals surface area contributed by atoms with E-state index in [0.717, 1.165) is 0 Å². The number of hydrogen-bond donors (Lipinski definition) is 0. The van der Waals surface area contributed by atoms with Crippen molar-refractivity contribution in [2.75, 3.05) is 0 Å². The Kier molecular flexibility index (Phi) is 2.28. The van der Waals surface area contributed by atoms with Gasteiger partial charge in [-0.2, -0.15) is 0 Å². The van der Waals surface area contributed by atoms with Gasteiger partial charge in [0.2, 0.25) is 0 Å². The molecule has 1 nitrogen and oxygen atoms in total. The highest BCUT2D eigenvalue weighted by Crippen LogP contribution is 2.79. The molecule has 0 N–H and O–H groups in total. The highest BCUT2D eigenvalue weighted by Gasteiger charge is 2.82. The van der Waals surface area contributed by atoms with Crippen molar-refractivity contribution in [3.05, 3.63) is 47.5 Å². The number of benzene rings is 1. The summed E-state index contributed by atoms with van der Waals surface area (Å²) >= 11 is 13.4. The van der Waals surface area contributed by atoms with E-state index in [1.165, 1.54) is 11.1 Å². The Morgan fingerprint density at radius 2 is 1.33 bits per heavy atom. The molecule has 110 valence electrons. The second-order valence-corrected chi connectivity index (χ2v) is 8.43. The van der Waals surface area contributed by atoms with Gasteiger partial charge in [0.25, 0.3) is 0 Å². The maximum absolute atomic E-state index is 6.69. The fourth-order valence-electron chi connectivity index (χ4n) is 5.70. The third-order valence-electron chi connectivity index (χ3n) is 6.34. The molecule has 0 radical (unpaired) electrons. The Bertz CT molecular complexity index is 620. The van der Waals surface area contributed by atoms with Crippen molar-refractivity contribution in [3.8, 4) is 0 Å². The molecule has 0 aromatic heterocycles. The van der Waals surface area contributed by atoms with Gasteiger partial charge in [-0.05, 0) is 36.8 Å². The molecule has 1 aromatic rings. The van der Waals surface area contributed by atoms with Gasteiger partial charge in [-0.3, -0.25) is 0 Å². The molecule has 5 rings (SSSR count). The number of halogens is 2. The minimum absolute atomic E-state index is 0.0604. The number of allylic oxidation sites excluding steroid dienone is 2. The predicted octanol–water partition coefficient (Wildman–Crippen LogP) is 4.45. The first-order valence-electron chi connectivity index (χ1n) is 7.74. The monoisotopic (exact) mass is 320 g/mol. The summed E-state index contributed by atoms with van der Waals surface area (Å²) in [5.74, 6) is 1.54. The summed E-state index contributed by atoms with van der Waals surface area (Å²) in [6.07, 6.45) is 4.18. The Morgan fingerprint density at radius 3 is 1.71 bits per heavy atom. The van der Waals surface area contributed by atoms with Gasteiger partial charge >= 0.3 is 0 Å². The second kappa shape index (κ2) is 3.69. The molecule has 3 heteroatoms. The molecule has 1 aliphatic heterocycles. The van der Waals surface area contributed by atoms with Gasteiger partial charge in [0, 0.05) is 11.8 Å². The molecule has 3 aliphatic carbocycles. The van der Waals surface area contributed by atoms with E-state index >= 15 is 0 Å². The van der Waals surface area contributed by atoms with Gasteiger partial charge in [-0.15, -0.1) is 23.2 Å². The Balaban J connectivity index is 1.77. The van der Waals surface area contributed by atoms with Gasteiger partial charge in [-0.25, -0.2) is 0 Å². The highest BCUT2D eigenvalue weighted by molar-refractivity contribution is 6.24. The summed E-state index contributed by atoms with van der Waals surface area (Å²) in [4.78, 5) is 0. The lowest BCUT2D eigenvalue weighted by Gasteiger charge is -2.38. The molecule has 1 saturated heterocycles. The molecule has 1 saturated carbocycles. The van der Waals surface area contributed by atoms with Gasteiger partial charge in [0.1, 0.15) is 5.60 Å². The maximum Gasteiger partial charge on any atom is 0.112 e. The average Bonchev–Trinajstić information content (AvgIpc) is 2.78. The van der Waals surface area contributed by atoms with Crippen molar-refractivity contribution >= 4 is 23.2 Å². The Labute approximate surface area is 135 Å². The average molecular weight is 321 g/mol. The van der Waals surface area contributed by atoms with Crippen LogP contribution in [0.3, 0.4) is 0 Å². The predicted molar refractivity (Wildman–Crippen MR) is 85.2 cm³/mol. The van der Waals surface area contributed by atoms with Gasteiger partial charge in [-0.1, -0.05) is 36.4 Å². The normalized spacial score (nSPS) is 51.0. The van der Waals surface area contributed by atoms with Crippen LogP contribution in [0.15, 0.2) is 36.4 Å². The minimum atomic E-state index is -0.0850. The van der Waals surface area contributed by atoms with Crippen LogP contribution in [0.4, 0.5) is 0 Å². The topological polar surface area (TPSA) is 12.5 Å². The largest absolute Gasteiger partial charge is 0.362 e. The van der Waals surface area contributed by atoms with Crippen LogP contribution in [-0.2, 0) is 4.74 Å². The first kappa shape index (κ1) is 13.0. The lowest BCUT2D eigenvalue weighted by Crippen LogP contribution is -2.36. The van der Waals surface area contributed by atoms with Crippen LogP contribution < -0.4 is 0 Å². The standard InChI is InChI=1S/C18H18Cl2O/c1-17(2)18(21-17)15-9-5-3-4-6-10(9)16(18)14-12(20)8-7-11(19)13(14)15/h3-8,11-16H,1-2H3/t11-,12-,13-,14-,15+,16+/m1/s1. The third-order valence-corrected chi connectivity index (χ3v) is 7.21. The molecule has 1 heterocycles. The highest BCUT2D eigenvalue weighted by atomic mass is 35.5. The summed E-state index contributed by atoms with van der Waals surface area (Å²) in [5, 5.41) is 0.121. The minimum Gasteiger partial charge on any atom is -0.362 e. The van der Waals surface area contributed by atoms with E-state index < -0.39 is 0 Å². The van der Waals surface area contributed by atoms with Crippen LogP contribution in [-0.4, -0.2) is 22.0 Å². The van der Waals surface area contributed by atoms with Crippen molar-refractivity contribution in [2.45, 2.75) is 47.6 Å². The molecule has 1 aromatic carbocycles. The molecule has 0 unspecified atom stereocenters. The summed E-state index contributed by atoms with van der Waals surface area (Å²) in [5.41, 5.74) is 2.72. The molecular formula is C18H18Cl2O. The molecule has 6 atom stereocenters. The summed E-state index contributed by atoms with van der Waals surface area (Å²) in [6, 6.07) is 8.80. The van der Waals surface area contributed by atoms with E-state index in [4.69, 9.17) is 27.9 Å². The van der Waals surface area contributed by atoms with Crippen molar-refractivity contribution in [1.29, 1.82) is 0 Å². The van der Waals surface area contributed by atoms with Crippen molar-refractivity contribution in [2.24, 2.45) is 11.8 Å². The number of epoxide rings is 1. The fourth-order valence-corrected chi connectivity index (χ4v) is 6.49. The molecule has 2 fully saturated rings. The van der Waals surface area contributed by atoms with Crippen LogP contribution in [0.25, 0.3) is 0 Å². The van der Waals surface area contributed by atoms with Crippen LogP contribution in [0.2, 0.25) is 0 Å². The lowest BCUT2D eigenvalue weighted by atomic mass is 9.70. The number of ether oxygens (including phenoxy) is 1. The summed E-state index contributed by atoms with van der Waals surface area (Å²) < 4.78 is 6.37. The first-order chi connectivity index (χ1) is 9.99. The van der Waals surface area contributed by atoms with Gasteiger partial charge in [0.15, 0.2) is 0 Å². The lowest BCUT2D eigenvalue weighted by molar-refractivity contribution is 0.252. The zero-order chi connectivity index (χ0) is 14.6. The first-order valence-corrected chi connectivity index (χ1v) is 8.62. The van der Waals surface area contributed by atoms with Crippen LogP contribution >= 0.6 is 23.2 Å². The zero-order valence-electron chi connectivity index (χ0n) is 12.1. The van der Waals surface area contributed by atoms with Crippen LogP contribution in [0, 0.1) is 11.8 Å². The van der Waals surface area contributed by atoms with Gasteiger partial charge in [0.05, 0.1) is 16.4 Å². The second-order valence-electron chi connectivity index (χ2n) is 7.42. The molecule has 0 amide bonds. The number of hydrogen-bond acceptors (Lipinski definition) is 1. The van der Waals surface area contributed by atoms with E-state index in [1.807, 2.05) is 0 Å². The summed E-state index contributed by atoms with van der Waals surface area (Å²) in [7, 11) is 0. The van der Waals surface area contributed by atoms with Gasteiger partial charge < -0.3 is 4.74 Å². The van der Waals surface area contributed by atoms with E-state index in [2.05, 4.69) is 50.3 Å². The molecule has 4 aliphatic rings. The molecule has 1 spiro atoms. The van der Waals surface area contributed by atoms with Crippen LogP contribution in [0.5, 0.6) is 0 Å². The van der Waals surface area contributed by atoms with E-state index in [-0.39, 0.29) is 22.0 Å². The van der Waals surface area contributed by atoms with Crippen molar-refractivity contribution in [3.63, 3.8) is 0 Å². The number of alkyl halides is 2. The Hall–Kier alpha value is -0.500. The smallest absolute Gasteiger partial charge is 0.112 e. The third kappa shape index (κ3) is 1.27. The maximum atomic E-state index is 6.69. The van der Waals surface area contributed by atoms with E-state index in [9.17, 15) is 0 Å².